The van der Waals surface area contributed by atoms with Crippen molar-refractivity contribution in [2.24, 2.45) is 0 Å². The maximum absolute atomic E-state index is 12.2. The molecule has 1 aromatic heterocycles. The average molecular weight is 347 g/mol. The van der Waals surface area contributed by atoms with Gasteiger partial charge in [-0.1, -0.05) is 12.1 Å². The lowest BCUT2D eigenvalue weighted by molar-refractivity contribution is -0.117. The fourth-order valence-corrected chi connectivity index (χ4v) is 2.83. The van der Waals surface area contributed by atoms with Crippen LogP contribution in [0.25, 0.3) is 0 Å². The number of thiazole rings is 1. The summed E-state index contributed by atoms with van der Waals surface area (Å²) in [5.41, 5.74) is 1.75. The zero-order chi connectivity index (χ0) is 17.5. The number of carbonyl (C=O) groups excluding carboxylic acids is 2. The summed E-state index contributed by atoms with van der Waals surface area (Å²) in [6.45, 7) is 4.78. The zero-order valence-electron chi connectivity index (χ0n) is 14.0. The Labute approximate surface area is 145 Å². The van der Waals surface area contributed by atoms with E-state index >= 15 is 0 Å². The van der Waals surface area contributed by atoms with E-state index in [0.29, 0.717) is 17.8 Å². The normalized spacial score (nSPS) is 10.7. The van der Waals surface area contributed by atoms with Crippen molar-refractivity contribution in [3.8, 4) is 0 Å². The van der Waals surface area contributed by atoms with Crippen LogP contribution in [0.2, 0.25) is 0 Å². The van der Waals surface area contributed by atoms with Crippen molar-refractivity contribution in [3.63, 3.8) is 0 Å². The molecule has 0 saturated carbocycles. The Morgan fingerprint density at radius 3 is 2.75 bits per heavy atom. The predicted octanol–water partition coefficient (Wildman–Crippen LogP) is 2.70. The number of carbonyl (C=O) groups is 2. The summed E-state index contributed by atoms with van der Waals surface area (Å²) in [6.07, 6.45) is 0. The molecule has 1 heterocycles. The number of ether oxygens (including phenoxy) is 1. The molecule has 24 heavy (non-hydrogen) atoms. The third kappa shape index (κ3) is 5.14. The number of anilines is 1. The second-order valence-electron chi connectivity index (χ2n) is 5.34. The molecule has 0 aliphatic heterocycles. The number of nitrogens with zero attached hydrogens (tertiary/aromatic N) is 2. The fourth-order valence-electron chi connectivity index (χ4n) is 2.23. The van der Waals surface area contributed by atoms with Crippen molar-refractivity contribution >= 4 is 28.9 Å². The van der Waals surface area contributed by atoms with Crippen LogP contribution >= 0.6 is 11.3 Å². The first kappa shape index (κ1) is 18.1. The van der Waals surface area contributed by atoms with Gasteiger partial charge in [0.1, 0.15) is 0 Å². The van der Waals surface area contributed by atoms with Gasteiger partial charge in [-0.3, -0.25) is 9.69 Å². The first-order valence-electron chi connectivity index (χ1n) is 7.65. The van der Waals surface area contributed by atoms with Crippen LogP contribution in [-0.4, -0.2) is 42.0 Å². The van der Waals surface area contributed by atoms with Crippen LogP contribution in [-0.2, 0) is 16.1 Å². The lowest BCUT2D eigenvalue weighted by atomic mass is 10.2. The Morgan fingerprint density at radius 1 is 1.33 bits per heavy atom. The van der Waals surface area contributed by atoms with Crippen LogP contribution in [0.15, 0.2) is 29.6 Å². The summed E-state index contributed by atoms with van der Waals surface area (Å²) in [5.74, 6) is -0.638. The van der Waals surface area contributed by atoms with Crippen LogP contribution in [0.5, 0.6) is 0 Å². The molecule has 0 bridgehead atoms. The predicted molar refractivity (Wildman–Crippen MR) is 94.2 cm³/mol. The standard InChI is InChI=1S/C17H21N3O3S/c1-4-23-17(22)14-7-5-6-8-15(14)19-16(21)10-20(3)9-13-11-24-12(2)18-13/h5-8,11H,4,9-10H2,1-3H3,(H,19,21). The number of nitrogens with one attached hydrogen (secondary N) is 1. The van der Waals surface area contributed by atoms with E-state index in [1.165, 1.54) is 0 Å². The van der Waals surface area contributed by atoms with Crippen molar-refractivity contribution in [3.05, 3.63) is 45.9 Å². The molecule has 0 aliphatic carbocycles. The van der Waals surface area contributed by atoms with Crippen LogP contribution in [0.1, 0.15) is 28.0 Å². The molecule has 128 valence electrons. The van der Waals surface area contributed by atoms with Gasteiger partial charge in [-0.05, 0) is 33.0 Å². The molecule has 1 N–H and O–H groups in total. The van der Waals surface area contributed by atoms with Gasteiger partial charge in [0.25, 0.3) is 0 Å². The number of esters is 1. The summed E-state index contributed by atoms with van der Waals surface area (Å²) in [6, 6.07) is 6.82. The minimum atomic E-state index is -0.445. The summed E-state index contributed by atoms with van der Waals surface area (Å²) in [4.78, 5) is 30.4. The number of hydrogen-bond donors (Lipinski definition) is 1. The van der Waals surface area contributed by atoms with Gasteiger partial charge in [-0.2, -0.15) is 0 Å². The molecule has 7 heteroatoms. The highest BCUT2D eigenvalue weighted by Gasteiger charge is 2.15. The van der Waals surface area contributed by atoms with E-state index in [9.17, 15) is 9.59 Å². The van der Waals surface area contributed by atoms with Gasteiger partial charge in [0, 0.05) is 11.9 Å². The molecule has 6 nitrogen and oxygen atoms in total. The number of amides is 1. The fraction of sp³-hybridized carbons (Fsp3) is 0.353. The molecular weight excluding hydrogens is 326 g/mol. The van der Waals surface area contributed by atoms with Crippen molar-refractivity contribution in [1.82, 2.24) is 9.88 Å². The largest absolute Gasteiger partial charge is 0.462 e. The van der Waals surface area contributed by atoms with Crippen LogP contribution in [0.3, 0.4) is 0 Å². The number of para-hydroxylation sites is 1. The SMILES string of the molecule is CCOC(=O)c1ccccc1NC(=O)CN(C)Cc1csc(C)n1. The third-order valence-electron chi connectivity index (χ3n) is 3.21. The minimum Gasteiger partial charge on any atom is -0.462 e. The second kappa shape index (κ2) is 8.56. The number of benzene rings is 1. The van der Waals surface area contributed by atoms with Crippen molar-refractivity contribution in [2.75, 3.05) is 25.5 Å². The summed E-state index contributed by atoms with van der Waals surface area (Å²) < 4.78 is 5.00. The number of hydrogen-bond acceptors (Lipinski definition) is 6. The monoisotopic (exact) mass is 347 g/mol. The van der Waals surface area contributed by atoms with E-state index in [1.54, 1.807) is 42.5 Å². The third-order valence-corrected chi connectivity index (χ3v) is 4.03. The van der Waals surface area contributed by atoms with E-state index in [4.69, 9.17) is 4.74 Å². The average Bonchev–Trinajstić information content (AvgIpc) is 2.92. The quantitative estimate of drug-likeness (QED) is 0.780. The molecule has 1 aromatic carbocycles. The molecule has 0 aliphatic rings. The summed E-state index contributed by atoms with van der Waals surface area (Å²) in [7, 11) is 1.85. The highest BCUT2D eigenvalue weighted by Crippen LogP contribution is 2.16. The molecule has 0 radical (unpaired) electrons. The van der Waals surface area contributed by atoms with Crippen molar-refractivity contribution in [2.45, 2.75) is 20.4 Å². The number of likely N-dealkylation sites (N-methyl/N-ethyl adjacent to an activating group) is 1. The van der Waals surface area contributed by atoms with Crippen LogP contribution < -0.4 is 5.32 Å². The number of aromatic nitrogens is 1. The van der Waals surface area contributed by atoms with Gasteiger partial charge in [-0.25, -0.2) is 9.78 Å². The molecule has 0 unspecified atom stereocenters. The summed E-state index contributed by atoms with van der Waals surface area (Å²) >= 11 is 1.59. The smallest absolute Gasteiger partial charge is 0.340 e. The Balaban J connectivity index is 1.95. The second-order valence-corrected chi connectivity index (χ2v) is 6.41. The maximum Gasteiger partial charge on any atom is 0.340 e. The van der Waals surface area contributed by atoms with Gasteiger partial charge < -0.3 is 10.1 Å². The van der Waals surface area contributed by atoms with E-state index in [1.807, 2.05) is 24.3 Å². The van der Waals surface area contributed by atoms with Crippen molar-refractivity contribution < 1.29 is 14.3 Å². The van der Waals surface area contributed by atoms with Crippen LogP contribution in [0, 0.1) is 6.92 Å². The lowest BCUT2D eigenvalue weighted by Gasteiger charge is -2.16. The first-order valence-corrected chi connectivity index (χ1v) is 8.53. The highest BCUT2D eigenvalue weighted by atomic mass is 32.1. The zero-order valence-corrected chi connectivity index (χ0v) is 14.9. The number of rotatable bonds is 7. The molecular formula is C17H21N3O3S. The highest BCUT2D eigenvalue weighted by molar-refractivity contribution is 7.09. The van der Waals surface area contributed by atoms with E-state index < -0.39 is 5.97 Å². The molecule has 0 atom stereocenters. The molecule has 1 amide bonds. The van der Waals surface area contributed by atoms with Gasteiger partial charge in [-0.15, -0.1) is 11.3 Å². The molecule has 0 fully saturated rings. The van der Waals surface area contributed by atoms with Crippen LogP contribution in [0.4, 0.5) is 5.69 Å². The maximum atomic E-state index is 12.2. The molecule has 0 saturated heterocycles. The minimum absolute atomic E-state index is 0.193. The molecule has 2 rings (SSSR count). The first-order chi connectivity index (χ1) is 11.5. The van der Waals surface area contributed by atoms with Gasteiger partial charge in [0.2, 0.25) is 5.91 Å². The van der Waals surface area contributed by atoms with Crippen molar-refractivity contribution in [1.29, 1.82) is 0 Å². The topological polar surface area (TPSA) is 71.5 Å². The Morgan fingerprint density at radius 2 is 2.08 bits per heavy atom. The molecule has 2 aromatic rings. The summed E-state index contributed by atoms with van der Waals surface area (Å²) in [5, 5.41) is 5.76. The lowest BCUT2D eigenvalue weighted by Crippen LogP contribution is -2.30. The Bertz CT molecular complexity index is 715. The van der Waals surface area contributed by atoms with E-state index in [0.717, 1.165) is 10.7 Å². The molecule has 0 spiro atoms. The Kier molecular flexibility index (Phi) is 6.45. The number of aryl methyl sites for hydroxylation is 1. The van der Waals surface area contributed by atoms with Gasteiger partial charge in [0.05, 0.1) is 35.1 Å². The van der Waals surface area contributed by atoms with Gasteiger partial charge in [0.15, 0.2) is 0 Å². The van der Waals surface area contributed by atoms with E-state index in [-0.39, 0.29) is 19.1 Å². The van der Waals surface area contributed by atoms with E-state index in [2.05, 4.69) is 10.3 Å². The Hall–Kier alpha value is -2.25. The van der Waals surface area contributed by atoms with Gasteiger partial charge >= 0.3 is 5.97 Å².